The molecule has 19 heavy (non-hydrogen) atoms. The lowest BCUT2D eigenvalue weighted by molar-refractivity contribution is 0.531. The first kappa shape index (κ1) is 16.6. The van der Waals surface area contributed by atoms with Gasteiger partial charge in [0, 0.05) is 11.9 Å². The SMILES string of the molecule is Cc1cc(F)cc(C)c1S(=O)(=O)NCC(C)CCBr. The molecule has 0 aliphatic rings. The van der Waals surface area contributed by atoms with Crippen LogP contribution in [0.15, 0.2) is 17.0 Å². The Bertz CT molecular complexity index is 523. The van der Waals surface area contributed by atoms with Gasteiger partial charge in [-0.15, -0.1) is 0 Å². The van der Waals surface area contributed by atoms with Crippen molar-refractivity contribution in [3.8, 4) is 0 Å². The quantitative estimate of drug-likeness (QED) is 0.800. The number of alkyl halides is 1. The largest absolute Gasteiger partial charge is 0.241 e. The monoisotopic (exact) mass is 351 g/mol. The van der Waals surface area contributed by atoms with Gasteiger partial charge in [0.1, 0.15) is 5.82 Å². The maximum Gasteiger partial charge on any atom is 0.241 e. The van der Waals surface area contributed by atoms with Crippen molar-refractivity contribution in [1.29, 1.82) is 0 Å². The molecule has 0 aliphatic heterocycles. The van der Waals surface area contributed by atoms with Crippen LogP contribution in [0.25, 0.3) is 0 Å². The summed E-state index contributed by atoms with van der Waals surface area (Å²) >= 11 is 3.33. The van der Waals surface area contributed by atoms with E-state index in [1.807, 2.05) is 6.92 Å². The second-order valence-electron chi connectivity index (χ2n) is 4.80. The van der Waals surface area contributed by atoms with Gasteiger partial charge in [-0.2, -0.15) is 0 Å². The molecule has 3 nitrogen and oxygen atoms in total. The molecule has 6 heteroatoms. The van der Waals surface area contributed by atoms with Crippen LogP contribution < -0.4 is 4.72 Å². The van der Waals surface area contributed by atoms with Gasteiger partial charge in [-0.1, -0.05) is 22.9 Å². The number of nitrogens with one attached hydrogen (secondary N) is 1. The summed E-state index contributed by atoms with van der Waals surface area (Å²) in [6, 6.07) is 2.48. The van der Waals surface area contributed by atoms with E-state index in [9.17, 15) is 12.8 Å². The van der Waals surface area contributed by atoms with Crippen molar-refractivity contribution in [2.24, 2.45) is 5.92 Å². The highest BCUT2D eigenvalue weighted by Crippen LogP contribution is 2.21. The highest BCUT2D eigenvalue weighted by atomic mass is 79.9. The first-order chi connectivity index (χ1) is 8.77. The number of aryl methyl sites for hydroxylation is 2. The highest BCUT2D eigenvalue weighted by Gasteiger charge is 2.20. The maximum absolute atomic E-state index is 13.2. The van der Waals surface area contributed by atoms with E-state index in [2.05, 4.69) is 20.7 Å². The van der Waals surface area contributed by atoms with Crippen LogP contribution in [0.5, 0.6) is 0 Å². The molecule has 1 atom stereocenters. The number of sulfonamides is 1. The van der Waals surface area contributed by atoms with Crippen molar-refractivity contribution in [3.63, 3.8) is 0 Å². The molecule has 1 aromatic carbocycles. The fourth-order valence-electron chi connectivity index (χ4n) is 1.93. The third-order valence-corrected chi connectivity index (χ3v) is 5.10. The van der Waals surface area contributed by atoms with Crippen molar-refractivity contribution in [2.75, 3.05) is 11.9 Å². The molecule has 1 N–H and O–H groups in total. The van der Waals surface area contributed by atoms with E-state index in [1.165, 1.54) is 12.1 Å². The van der Waals surface area contributed by atoms with Crippen LogP contribution >= 0.6 is 15.9 Å². The predicted octanol–water partition coefficient (Wildman–Crippen LogP) is 3.14. The van der Waals surface area contributed by atoms with Gasteiger partial charge in [0.05, 0.1) is 4.90 Å². The first-order valence-electron chi connectivity index (χ1n) is 6.10. The van der Waals surface area contributed by atoms with Gasteiger partial charge in [-0.3, -0.25) is 0 Å². The number of hydrogen-bond donors (Lipinski definition) is 1. The summed E-state index contributed by atoms with van der Waals surface area (Å²) in [5.74, 6) is -0.170. The van der Waals surface area contributed by atoms with Crippen molar-refractivity contribution in [2.45, 2.75) is 32.1 Å². The summed E-state index contributed by atoms with van der Waals surface area (Å²) in [6.45, 7) is 5.57. The molecule has 108 valence electrons. The second-order valence-corrected chi connectivity index (χ2v) is 7.30. The third kappa shape index (κ3) is 4.54. The zero-order valence-corrected chi connectivity index (χ0v) is 13.7. The molecule has 0 saturated heterocycles. The van der Waals surface area contributed by atoms with Crippen molar-refractivity contribution in [3.05, 3.63) is 29.1 Å². The molecule has 0 fully saturated rings. The van der Waals surface area contributed by atoms with E-state index in [0.29, 0.717) is 17.7 Å². The van der Waals surface area contributed by atoms with Gasteiger partial charge < -0.3 is 0 Å². The molecule has 1 unspecified atom stereocenters. The fourth-order valence-corrected chi connectivity index (χ4v) is 4.33. The molecule has 0 spiro atoms. The van der Waals surface area contributed by atoms with Crippen LogP contribution in [0.3, 0.4) is 0 Å². The Morgan fingerprint density at radius 3 is 2.32 bits per heavy atom. The Morgan fingerprint density at radius 2 is 1.84 bits per heavy atom. The molecule has 0 heterocycles. The minimum Gasteiger partial charge on any atom is -0.211 e. The van der Waals surface area contributed by atoms with Crippen LogP contribution in [0.2, 0.25) is 0 Å². The van der Waals surface area contributed by atoms with Crippen molar-refractivity contribution < 1.29 is 12.8 Å². The van der Waals surface area contributed by atoms with E-state index in [1.54, 1.807) is 13.8 Å². The Hall–Kier alpha value is -0.460. The molecular formula is C13H19BrFNO2S. The Labute approximate surface area is 122 Å². The average Bonchev–Trinajstić information content (AvgIpc) is 2.25. The van der Waals surface area contributed by atoms with E-state index < -0.39 is 15.8 Å². The van der Waals surface area contributed by atoms with E-state index in [-0.39, 0.29) is 10.8 Å². The molecule has 0 aliphatic carbocycles. The van der Waals surface area contributed by atoms with Gasteiger partial charge in [-0.05, 0) is 49.4 Å². The summed E-state index contributed by atoms with van der Waals surface area (Å²) in [4.78, 5) is 0.181. The van der Waals surface area contributed by atoms with Crippen LogP contribution in [0, 0.1) is 25.6 Å². The summed E-state index contributed by atoms with van der Waals surface area (Å²) < 4.78 is 40.3. The smallest absolute Gasteiger partial charge is 0.211 e. The first-order valence-corrected chi connectivity index (χ1v) is 8.70. The number of hydrogen-bond acceptors (Lipinski definition) is 2. The number of benzene rings is 1. The number of rotatable bonds is 6. The fraction of sp³-hybridized carbons (Fsp3) is 0.538. The van der Waals surface area contributed by atoms with Crippen LogP contribution in [0.1, 0.15) is 24.5 Å². The van der Waals surface area contributed by atoms with Crippen LogP contribution in [-0.2, 0) is 10.0 Å². The maximum atomic E-state index is 13.2. The molecular weight excluding hydrogens is 333 g/mol. The highest BCUT2D eigenvalue weighted by molar-refractivity contribution is 9.09. The lowest BCUT2D eigenvalue weighted by Crippen LogP contribution is -2.29. The van der Waals surface area contributed by atoms with Gasteiger partial charge in [0.2, 0.25) is 10.0 Å². The van der Waals surface area contributed by atoms with E-state index in [4.69, 9.17) is 0 Å². The summed E-state index contributed by atoms with van der Waals surface area (Å²) in [6.07, 6.45) is 0.893. The second kappa shape index (κ2) is 6.81. The van der Waals surface area contributed by atoms with Crippen molar-refractivity contribution >= 4 is 26.0 Å². The molecule has 0 bridgehead atoms. The van der Waals surface area contributed by atoms with Gasteiger partial charge in [0.25, 0.3) is 0 Å². The van der Waals surface area contributed by atoms with Crippen LogP contribution in [0.4, 0.5) is 4.39 Å². The van der Waals surface area contributed by atoms with E-state index in [0.717, 1.165) is 11.8 Å². The average molecular weight is 352 g/mol. The molecule has 0 aromatic heterocycles. The lowest BCUT2D eigenvalue weighted by atomic mass is 10.1. The van der Waals surface area contributed by atoms with Gasteiger partial charge in [0.15, 0.2) is 0 Å². The van der Waals surface area contributed by atoms with E-state index >= 15 is 0 Å². The Kier molecular flexibility index (Phi) is 5.95. The summed E-state index contributed by atoms with van der Waals surface area (Å²) in [5.41, 5.74) is 0.858. The predicted molar refractivity (Wildman–Crippen MR) is 78.6 cm³/mol. The Morgan fingerprint density at radius 1 is 1.32 bits per heavy atom. The normalized spacial score (nSPS) is 13.5. The zero-order chi connectivity index (χ0) is 14.6. The minimum atomic E-state index is -3.58. The van der Waals surface area contributed by atoms with Gasteiger partial charge in [-0.25, -0.2) is 17.5 Å². The molecule has 1 rings (SSSR count). The lowest BCUT2D eigenvalue weighted by Gasteiger charge is -2.15. The standard InChI is InChI=1S/C13H19BrFNO2S/c1-9(4-5-14)8-16-19(17,18)13-10(2)6-12(15)7-11(13)3/h6-7,9,16H,4-5,8H2,1-3H3. The minimum absolute atomic E-state index is 0.181. The van der Waals surface area contributed by atoms with Crippen molar-refractivity contribution in [1.82, 2.24) is 4.72 Å². The third-order valence-electron chi connectivity index (χ3n) is 2.92. The molecule has 0 saturated carbocycles. The molecule has 1 aromatic rings. The molecule has 0 amide bonds. The zero-order valence-electron chi connectivity index (χ0n) is 11.3. The van der Waals surface area contributed by atoms with Crippen LogP contribution in [-0.4, -0.2) is 20.3 Å². The summed E-state index contributed by atoms with van der Waals surface area (Å²) in [7, 11) is -3.58. The molecule has 0 radical (unpaired) electrons. The summed E-state index contributed by atoms with van der Waals surface area (Å²) in [5, 5.41) is 0.838. The Balaban J connectivity index is 2.95. The topological polar surface area (TPSA) is 46.2 Å². The van der Waals surface area contributed by atoms with Gasteiger partial charge >= 0.3 is 0 Å². The number of halogens is 2.